The van der Waals surface area contributed by atoms with Crippen molar-refractivity contribution in [2.24, 2.45) is 0 Å². The van der Waals surface area contributed by atoms with E-state index >= 15 is 0 Å². The second kappa shape index (κ2) is 5.27. The molecule has 0 saturated heterocycles. The summed E-state index contributed by atoms with van der Waals surface area (Å²) in [5, 5.41) is 0. The van der Waals surface area contributed by atoms with E-state index in [9.17, 15) is 13.2 Å². The molecule has 0 atom stereocenters. The highest BCUT2D eigenvalue weighted by atomic mass is 79.9. The highest BCUT2D eigenvalue weighted by molar-refractivity contribution is 9.10. The van der Waals surface area contributed by atoms with Crippen LogP contribution in [0.3, 0.4) is 0 Å². The lowest BCUT2D eigenvalue weighted by Gasteiger charge is -2.02. The van der Waals surface area contributed by atoms with Crippen LogP contribution in [0, 0.1) is 0 Å². The first-order valence-corrected chi connectivity index (χ1v) is 6.18. The first-order valence-electron chi connectivity index (χ1n) is 4.02. The summed E-state index contributed by atoms with van der Waals surface area (Å²) in [5.41, 5.74) is 0.889. The van der Waals surface area contributed by atoms with Gasteiger partial charge in [0.15, 0.2) is 0 Å². The Morgan fingerprint density at radius 3 is 2.60 bits per heavy atom. The van der Waals surface area contributed by atoms with Gasteiger partial charge in [-0.25, -0.2) is 13.2 Å². The predicted molar refractivity (Wildman–Crippen MR) is 59.5 cm³/mol. The molecule has 0 fully saturated rings. The van der Waals surface area contributed by atoms with Crippen molar-refractivity contribution in [1.29, 1.82) is 0 Å². The molecule has 0 N–H and O–H groups in total. The monoisotopic (exact) mass is 292 g/mol. The lowest BCUT2D eigenvalue weighted by atomic mass is 10.1. The van der Waals surface area contributed by atoms with Crippen molar-refractivity contribution >= 4 is 32.6 Å². The van der Waals surface area contributed by atoms with Gasteiger partial charge in [-0.15, -0.1) is 0 Å². The van der Waals surface area contributed by atoms with E-state index in [-0.39, 0.29) is 5.75 Å². The fourth-order valence-corrected chi connectivity index (χ4v) is 2.15. The standard InChI is InChI=1S/C9H9BrO4S/c1-14-9(11)7-2-6(5-15(12)13)3-8(10)4-7/h2-4,15H,5H2,1H3. The zero-order valence-corrected chi connectivity index (χ0v) is 10.4. The maximum Gasteiger partial charge on any atom is 0.337 e. The number of halogens is 1. The molecule has 4 nitrogen and oxygen atoms in total. The number of ether oxygens (including phenoxy) is 1. The van der Waals surface area contributed by atoms with Crippen LogP contribution in [-0.4, -0.2) is 21.5 Å². The van der Waals surface area contributed by atoms with Gasteiger partial charge in [-0.1, -0.05) is 15.9 Å². The molecule has 0 heterocycles. The van der Waals surface area contributed by atoms with E-state index in [1.807, 2.05) is 0 Å². The van der Waals surface area contributed by atoms with Gasteiger partial charge in [0.1, 0.15) is 10.7 Å². The van der Waals surface area contributed by atoms with Crippen molar-refractivity contribution in [3.05, 3.63) is 33.8 Å². The first-order chi connectivity index (χ1) is 7.02. The van der Waals surface area contributed by atoms with Crippen molar-refractivity contribution in [3.63, 3.8) is 0 Å². The van der Waals surface area contributed by atoms with E-state index in [4.69, 9.17) is 0 Å². The van der Waals surface area contributed by atoms with Gasteiger partial charge in [0.05, 0.1) is 18.4 Å². The molecule has 0 saturated carbocycles. The summed E-state index contributed by atoms with van der Waals surface area (Å²) < 4.78 is 26.3. The number of hydrogen-bond acceptors (Lipinski definition) is 4. The zero-order chi connectivity index (χ0) is 11.4. The minimum atomic E-state index is -2.50. The Hall–Kier alpha value is -0.880. The second-order valence-electron chi connectivity index (χ2n) is 2.83. The van der Waals surface area contributed by atoms with E-state index in [0.717, 1.165) is 0 Å². The van der Waals surface area contributed by atoms with Crippen molar-refractivity contribution in [2.75, 3.05) is 7.11 Å². The van der Waals surface area contributed by atoms with Crippen LogP contribution >= 0.6 is 15.9 Å². The Morgan fingerprint density at radius 1 is 1.40 bits per heavy atom. The molecular formula is C9H9BrO4S. The Morgan fingerprint density at radius 2 is 2.07 bits per heavy atom. The van der Waals surface area contributed by atoms with Crippen LogP contribution in [0.1, 0.15) is 15.9 Å². The molecule has 0 aliphatic carbocycles. The van der Waals surface area contributed by atoms with Gasteiger partial charge in [-0.05, 0) is 23.8 Å². The van der Waals surface area contributed by atoms with Gasteiger partial charge in [0, 0.05) is 4.47 Å². The average molecular weight is 293 g/mol. The van der Waals surface area contributed by atoms with Crippen molar-refractivity contribution < 1.29 is 17.9 Å². The molecule has 0 spiro atoms. The average Bonchev–Trinajstić information content (AvgIpc) is 2.14. The lowest BCUT2D eigenvalue weighted by Crippen LogP contribution is -2.02. The Labute approximate surface area is 97.3 Å². The SMILES string of the molecule is COC(=O)c1cc(Br)cc(C[SH](=O)=O)c1. The summed E-state index contributed by atoms with van der Waals surface area (Å²) in [4.78, 5) is 11.2. The summed E-state index contributed by atoms with van der Waals surface area (Å²) in [7, 11) is -1.22. The molecule has 82 valence electrons. The number of carbonyl (C=O) groups excluding carboxylic acids is 1. The summed E-state index contributed by atoms with van der Waals surface area (Å²) in [5.74, 6) is -0.572. The number of rotatable bonds is 3. The second-order valence-corrected chi connectivity index (χ2v) is 4.73. The molecule has 0 radical (unpaired) electrons. The molecular weight excluding hydrogens is 284 g/mol. The van der Waals surface area contributed by atoms with Crippen molar-refractivity contribution in [1.82, 2.24) is 0 Å². The quantitative estimate of drug-likeness (QED) is 0.675. The highest BCUT2D eigenvalue weighted by Gasteiger charge is 2.08. The predicted octanol–water partition coefficient (Wildman–Crippen LogP) is 1.35. The fraction of sp³-hybridized carbons (Fsp3) is 0.222. The molecule has 0 amide bonds. The summed E-state index contributed by atoms with van der Waals surface area (Å²) in [6.45, 7) is 0. The largest absolute Gasteiger partial charge is 0.465 e. The maximum absolute atomic E-state index is 11.2. The minimum Gasteiger partial charge on any atom is -0.465 e. The first kappa shape index (κ1) is 12.2. The molecule has 6 heteroatoms. The molecule has 1 rings (SSSR count). The third kappa shape index (κ3) is 3.64. The summed E-state index contributed by atoms with van der Waals surface area (Å²) >= 11 is 3.20. The smallest absolute Gasteiger partial charge is 0.337 e. The molecule has 1 aromatic carbocycles. The number of hydrogen-bond donors (Lipinski definition) is 1. The topological polar surface area (TPSA) is 60.4 Å². The van der Waals surface area contributed by atoms with Crippen LogP contribution in [0.15, 0.2) is 22.7 Å². The van der Waals surface area contributed by atoms with Gasteiger partial charge in [-0.2, -0.15) is 0 Å². The molecule has 0 aliphatic heterocycles. The number of carbonyl (C=O) groups is 1. The van der Waals surface area contributed by atoms with E-state index in [2.05, 4.69) is 20.7 Å². The van der Waals surface area contributed by atoms with Gasteiger partial charge < -0.3 is 4.74 Å². The van der Waals surface area contributed by atoms with Gasteiger partial charge in [-0.3, -0.25) is 0 Å². The van der Waals surface area contributed by atoms with Crippen LogP contribution in [-0.2, 0) is 21.2 Å². The summed E-state index contributed by atoms with van der Waals surface area (Å²) in [6.07, 6.45) is 0. The maximum atomic E-state index is 11.2. The minimum absolute atomic E-state index is 0.0846. The molecule has 0 aromatic heterocycles. The number of methoxy groups -OCH3 is 1. The zero-order valence-electron chi connectivity index (χ0n) is 7.90. The van der Waals surface area contributed by atoms with E-state index in [0.29, 0.717) is 15.6 Å². The van der Waals surface area contributed by atoms with Crippen molar-refractivity contribution in [2.45, 2.75) is 5.75 Å². The van der Waals surface area contributed by atoms with Crippen molar-refractivity contribution in [3.8, 4) is 0 Å². The normalized spacial score (nSPS) is 10.3. The molecule has 15 heavy (non-hydrogen) atoms. The third-order valence-electron chi connectivity index (χ3n) is 1.69. The molecule has 1 aromatic rings. The molecule has 0 aliphatic rings. The Bertz CT molecular complexity index is 445. The fourth-order valence-electron chi connectivity index (χ4n) is 1.13. The van der Waals surface area contributed by atoms with Crippen LogP contribution < -0.4 is 0 Å². The van der Waals surface area contributed by atoms with E-state index in [1.165, 1.54) is 13.2 Å². The van der Waals surface area contributed by atoms with E-state index < -0.39 is 16.7 Å². The Balaban J connectivity index is 3.10. The summed E-state index contributed by atoms with van der Waals surface area (Å²) in [6, 6.07) is 4.73. The number of thiol groups is 1. The molecule has 0 unspecified atom stereocenters. The highest BCUT2D eigenvalue weighted by Crippen LogP contribution is 2.17. The molecule has 0 bridgehead atoms. The van der Waals surface area contributed by atoms with Gasteiger partial charge in [0.2, 0.25) is 0 Å². The van der Waals surface area contributed by atoms with Crippen LogP contribution in [0.4, 0.5) is 0 Å². The van der Waals surface area contributed by atoms with Gasteiger partial charge in [0.25, 0.3) is 0 Å². The number of esters is 1. The van der Waals surface area contributed by atoms with Gasteiger partial charge >= 0.3 is 5.97 Å². The number of benzene rings is 1. The lowest BCUT2D eigenvalue weighted by molar-refractivity contribution is 0.0600. The Kier molecular flexibility index (Phi) is 4.28. The van der Waals surface area contributed by atoms with Crippen LogP contribution in [0.2, 0.25) is 0 Å². The van der Waals surface area contributed by atoms with E-state index in [1.54, 1.807) is 12.1 Å². The van der Waals surface area contributed by atoms with Crippen LogP contribution in [0.5, 0.6) is 0 Å². The van der Waals surface area contributed by atoms with Crippen LogP contribution in [0.25, 0.3) is 0 Å². The third-order valence-corrected chi connectivity index (χ3v) is 2.77.